The molecule has 0 saturated carbocycles. The number of aromatic nitrogens is 2. The third-order valence-corrected chi connectivity index (χ3v) is 8.96. The van der Waals surface area contributed by atoms with Gasteiger partial charge in [0.25, 0.3) is 0 Å². The lowest BCUT2D eigenvalue weighted by Crippen LogP contribution is -2.29. The summed E-state index contributed by atoms with van der Waals surface area (Å²) < 4.78 is 2.54. The summed E-state index contributed by atoms with van der Waals surface area (Å²) in [6, 6.07) is 11.7. The van der Waals surface area contributed by atoms with E-state index in [4.69, 9.17) is 16.6 Å². The summed E-state index contributed by atoms with van der Waals surface area (Å²) in [6.45, 7) is 21.7. The number of anilines is 1. The molecule has 1 aromatic carbocycles. The Morgan fingerprint density at radius 3 is 2.40 bits per heavy atom. The summed E-state index contributed by atoms with van der Waals surface area (Å²) in [6.07, 6.45) is 21.7. The van der Waals surface area contributed by atoms with Crippen LogP contribution in [0, 0.1) is 18.3 Å². The minimum atomic E-state index is 0.126. The first-order chi connectivity index (χ1) is 21.7. The smallest absolute Gasteiger partial charge is 0.0542 e. The second kappa shape index (κ2) is 19.4. The lowest BCUT2D eigenvalue weighted by atomic mass is 9.80. The normalized spacial score (nSPS) is 13.9. The van der Waals surface area contributed by atoms with Gasteiger partial charge in [0.2, 0.25) is 0 Å². The van der Waals surface area contributed by atoms with E-state index in [0.717, 1.165) is 50.8 Å². The minimum absolute atomic E-state index is 0.126. The quantitative estimate of drug-likeness (QED) is 0.0558. The maximum absolute atomic E-state index is 5.61. The van der Waals surface area contributed by atoms with E-state index in [9.17, 15) is 0 Å². The molecule has 6 heteroatoms. The molecular formula is C39H62N6. The van der Waals surface area contributed by atoms with Crippen LogP contribution in [-0.2, 0) is 19.4 Å². The van der Waals surface area contributed by atoms with Gasteiger partial charge in [-0.3, -0.25) is 16.3 Å². The Bertz CT molecular complexity index is 1330. The number of benzene rings is 1. The summed E-state index contributed by atoms with van der Waals surface area (Å²) in [7, 11) is 0. The molecule has 4 rings (SSSR count). The highest BCUT2D eigenvalue weighted by atomic mass is 15.2. The Kier molecular flexibility index (Phi) is 16.4. The number of fused-ring (bicyclic) bond motifs is 1. The summed E-state index contributed by atoms with van der Waals surface area (Å²) >= 11 is 0. The first-order valence-electron chi connectivity index (χ1n) is 17.2. The van der Waals surface area contributed by atoms with Crippen molar-refractivity contribution < 1.29 is 0 Å². The lowest BCUT2D eigenvalue weighted by molar-refractivity contribution is 0.330. The van der Waals surface area contributed by atoms with Crippen LogP contribution in [0.1, 0.15) is 104 Å². The fraction of sp³-hybridized carbons (Fsp3) is 0.564. The standard InChI is InChI=1S/C29H41N3.C8H19N3.C2H2/c1-6-16-29(4,5)21-25-24-20-22(31-18-10-9-11-19-31)14-15-27(24)32(8-3)28(25)23-13-12-17-30-26(23)7-2;1-7(8(2)9)5-3-4-6-11-10;1-2/h12-15,17,20H,6-11,16,18-19,21H2,1-5H3;8,11H,1,3-6,9-10H2,2H3;1-2H. The summed E-state index contributed by atoms with van der Waals surface area (Å²) in [5, 5.41) is 1.44. The molecule has 1 aliphatic rings. The highest BCUT2D eigenvalue weighted by Crippen LogP contribution is 2.41. The summed E-state index contributed by atoms with van der Waals surface area (Å²) in [4.78, 5) is 7.35. The van der Waals surface area contributed by atoms with Gasteiger partial charge in [-0.2, -0.15) is 0 Å². The molecule has 1 saturated heterocycles. The molecule has 45 heavy (non-hydrogen) atoms. The third kappa shape index (κ3) is 10.7. The first kappa shape index (κ1) is 38.1. The number of nitrogens with one attached hydrogen (secondary N) is 1. The van der Waals surface area contributed by atoms with Gasteiger partial charge in [-0.05, 0) is 113 Å². The number of unbranched alkanes of at least 4 members (excludes halogenated alkanes) is 1. The molecule has 5 N–H and O–H groups in total. The number of rotatable bonds is 14. The van der Waals surface area contributed by atoms with Crippen LogP contribution in [0.5, 0.6) is 0 Å². The van der Waals surface area contributed by atoms with Gasteiger partial charge in [0.05, 0.1) is 5.69 Å². The molecule has 248 valence electrons. The van der Waals surface area contributed by atoms with E-state index in [2.05, 4.69) is 99.3 Å². The number of piperidine rings is 1. The SMILES string of the molecule is C#C.C=C(CCCCNN)C(C)N.CCCC(C)(C)Cc1c(-c2cccnc2CC)n(CC)c2ccc(N3CCCCC3)cc12. The maximum atomic E-state index is 5.61. The van der Waals surface area contributed by atoms with Crippen LogP contribution in [-0.4, -0.2) is 35.2 Å². The number of terminal acetylenes is 1. The molecule has 1 aliphatic heterocycles. The molecule has 1 unspecified atom stereocenters. The van der Waals surface area contributed by atoms with E-state index >= 15 is 0 Å². The van der Waals surface area contributed by atoms with Gasteiger partial charge in [-0.1, -0.05) is 46.3 Å². The predicted molar refractivity (Wildman–Crippen MR) is 197 cm³/mol. The van der Waals surface area contributed by atoms with E-state index in [1.165, 1.54) is 84.3 Å². The van der Waals surface area contributed by atoms with Gasteiger partial charge in [-0.25, -0.2) is 0 Å². The fourth-order valence-electron chi connectivity index (χ4n) is 6.56. The summed E-state index contributed by atoms with van der Waals surface area (Å²) in [5.74, 6) is 5.11. The van der Waals surface area contributed by atoms with Crippen molar-refractivity contribution in [3.63, 3.8) is 0 Å². The number of nitrogens with two attached hydrogens (primary N) is 2. The van der Waals surface area contributed by atoms with Gasteiger partial charge in [0, 0.05) is 66.3 Å². The molecule has 6 nitrogen and oxygen atoms in total. The van der Waals surface area contributed by atoms with Gasteiger partial charge < -0.3 is 15.2 Å². The molecule has 2 aromatic heterocycles. The van der Waals surface area contributed by atoms with Crippen LogP contribution in [0.15, 0.2) is 48.7 Å². The summed E-state index contributed by atoms with van der Waals surface area (Å²) in [5.41, 5.74) is 17.8. The van der Waals surface area contributed by atoms with E-state index in [0.29, 0.717) is 0 Å². The van der Waals surface area contributed by atoms with Crippen LogP contribution in [0.3, 0.4) is 0 Å². The molecule has 0 spiro atoms. The number of nitrogens with zero attached hydrogens (tertiary/aromatic N) is 3. The van der Waals surface area contributed by atoms with Gasteiger partial charge in [0.1, 0.15) is 0 Å². The van der Waals surface area contributed by atoms with Crippen molar-refractivity contribution in [3.05, 3.63) is 59.9 Å². The number of hydrogen-bond donors (Lipinski definition) is 3. The molecule has 3 aromatic rings. The van der Waals surface area contributed by atoms with Crippen molar-refractivity contribution in [1.29, 1.82) is 0 Å². The Labute approximate surface area is 275 Å². The highest BCUT2D eigenvalue weighted by Gasteiger charge is 2.26. The van der Waals surface area contributed by atoms with E-state index in [1.54, 1.807) is 0 Å². The van der Waals surface area contributed by atoms with Gasteiger partial charge in [0.15, 0.2) is 0 Å². The Morgan fingerprint density at radius 2 is 1.80 bits per heavy atom. The van der Waals surface area contributed by atoms with Crippen molar-refractivity contribution in [2.45, 2.75) is 118 Å². The Hall–Kier alpha value is -3.11. The molecular weight excluding hydrogens is 552 g/mol. The minimum Gasteiger partial charge on any atom is -0.372 e. The highest BCUT2D eigenvalue weighted by molar-refractivity contribution is 5.94. The van der Waals surface area contributed by atoms with E-state index in [-0.39, 0.29) is 11.5 Å². The topological polar surface area (TPSA) is 85.1 Å². The molecule has 3 heterocycles. The van der Waals surface area contributed by atoms with Gasteiger partial charge in [-0.15, -0.1) is 12.8 Å². The van der Waals surface area contributed by atoms with E-state index < -0.39 is 0 Å². The van der Waals surface area contributed by atoms with Crippen molar-refractivity contribution in [3.8, 4) is 24.1 Å². The van der Waals surface area contributed by atoms with Crippen LogP contribution in [0.2, 0.25) is 0 Å². The van der Waals surface area contributed by atoms with Crippen molar-refractivity contribution in [2.75, 3.05) is 24.5 Å². The third-order valence-electron chi connectivity index (χ3n) is 8.96. The van der Waals surface area contributed by atoms with Crippen LogP contribution < -0.4 is 21.9 Å². The average molecular weight is 615 g/mol. The molecule has 0 aliphatic carbocycles. The first-order valence-corrected chi connectivity index (χ1v) is 17.2. The van der Waals surface area contributed by atoms with Crippen molar-refractivity contribution in [2.24, 2.45) is 17.0 Å². The second-order valence-electron chi connectivity index (χ2n) is 13.1. The van der Waals surface area contributed by atoms with Crippen molar-refractivity contribution >= 4 is 16.6 Å². The Morgan fingerprint density at radius 1 is 1.09 bits per heavy atom. The van der Waals surface area contributed by atoms with Gasteiger partial charge >= 0.3 is 0 Å². The fourth-order valence-corrected chi connectivity index (χ4v) is 6.56. The predicted octanol–water partition coefficient (Wildman–Crippen LogP) is 8.42. The molecule has 0 radical (unpaired) electrons. The number of aryl methyl sites for hydroxylation is 2. The molecule has 0 amide bonds. The largest absolute Gasteiger partial charge is 0.372 e. The van der Waals surface area contributed by atoms with Crippen LogP contribution in [0.4, 0.5) is 5.69 Å². The van der Waals surface area contributed by atoms with E-state index in [1.807, 2.05) is 13.1 Å². The Balaban J connectivity index is 0.000000461. The maximum Gasteiger partial charge on any atom is 0.0542 e. The number of hydrogen-bond acceptors (Lipinski definition) is 5. The van der Waals surface area contributed by atoms with Crippen LogP contribution >= 0.6 is 0 Å². The molecule has 0 bridgehead atoms. The average Bonchev–Trinajstić information content (AvgIpc) is 3.35. The lowest BCUT2D eigenvalue weighted by Gasteiger charge is -2.29. The number of hydrazine groups is 1. The zero-order valence-electron chi connectivity index (χ0n) is 29.3. The zero-order valence-corrected chi connectivity index (χ0v) is 29.3. The van der Waals surface area contributed by atoms with Crippen molar-refractivity contribution in [1.82, 2.24) is 15.0 Å². The van der Waals surface area contributed by atoms with Crippen LogP contribution in [0.25, 0.3) is 22.2 Å². The second-order valence-corrected chi connectivity index (χ2v) is 13.1. The number of pyridine rings is 1. The zero-order chi connectivity index (χ0) is 33.4. The monoisotopic (exact) mass is 615 g/mol. The molecule has 1 fully saturated rings. The molecule has 1 atom stereocenters.